The van der Waals surface area contributed by atoms with Gasteiger partial charge in [0.2, 0.25) is 5.91 Å². The van der Waals surface area contributed by atoms with Gasteiger partial charge in [0, 0.05) is 24.8 Å². The summed E-state index contributed by atoms with van der Waals surface area (Å²) < 4.78 is 10.1. The molecule has 0 spiro atoms. The fourth-order valence-electron chi connectivity index (χ4n) is 4.03. The second kappa shape index (κ2) is 19.9. The van der Waals surface area contributed by atoms with Crippen LogP contribution in [0.1, 0.15) is 103 Å². The molecule has 0 aromatic carbocycles. The van der Waals surface area contributed by atoms with E-state index >= 15 is 0 Å². The Morgan fingerprint density at radius 1 is 0.871 bits per heavy atom. The lowest BCUT2D eigenvalue weighted by molar-refractivity contribution is -0.137. The Bertz CT molecular complexity index is 455. The maximum atomic E-state index is 12.1. The first-order valence-corrected chi connectivity index (χ1v) is 13.8. The summed E-state index contributed by atoms with van der Waals surface area (Å²) in [6.07, 6.45) is 18.1. The van der Waals surface area contributed by atoms with Gasteiger partial charge in [0.1, 0.15) is 0 Å². The van der Waals surface area contributed by atoms with Gasteiger partial charge in [0.15, 0.2) is 0 Å². The Hall–Kier alpha value is -0.750. The van der Waals surface area contributed by atoms with Crippen molar-refractivity contribution in [2.75, 3.05) is 39.2 Å². The summed E-state index contributed by atoms with van der Waals surface area (Å²) in [5.41, 5.74) is 0. The normalized spacial score (nSPS) is 15.1. The molecule has 0 aromatic rings. The third kappa shape index (κ3) is 15.7. The van der Waals surface area contributed by atoms with E-state index in [4.69, 9.17) is 9.47 Å². The number of methoxy groups -OCH3 is 1. The molecular formula is C25H47NO4S. The lowest BCUT2D eigenvalue weighted by Gasteiger charge is -2.26. The van der Waals surface area contributed by atoms with E-state index in [0.29, 0.717) is 36.5 Å². The van der Waals surface area contributed by atoms with Crippen molar-refractivity contribution >= 4 is 23.6 Å². The number of amides is 1. The van der Waals surface area contributed by atoms with E-state index in [-0.39, 0.29) is 5.97 Å². The van der Waals surface area contributed by atoms with E-state index in [1.807, 2.05) is 4.90 Å². The predicted octanol–water partition coefficient (Wildman–Crippen LogP) is 5.99. The number of ether oxygens (including phenoxy) is 2. The standard InChI is InChI=1S/C25H47NO4S/c1-3-4-5-6-9-12-15-23(31-22-25(28)29-2)16-13-10-7-8-11-14-17-24(27)26-18-20-30-21-19-26/h23H,3-22H2,1-2H3. The molecule has 1 atom stereocenters. The van der Waals surface area contributed by atoms with Gasteiger partial charge in [0.05, 0.1) is 26.1 Å². The van der Waals surface area contributed by atoms with Crippen LogP contribution >= 0.6 is 11.8 Å². The molecule has 1 aliphatic rings. The summed E-state index contributed by atoms with van der Waals surface area (Å²) in [5.74, 6) is 0.668. The summed E-state index contributed by atoms with van der Waals surface area (Å²) in [4.78, 5) is 25.6. The van der Waals surface area contributed by atoms with Gasteiger partial charge in [-0.2, -0.15) is 0 Å². The lowest BCUT2D eigenvalue weighted by Crippen LogP contribution is -2.40. The van der Waals surface area contributed by atoms with Gasteiger partial charge in [-0.15, -0.1) is 11.8 Å². The van der Waals surface area contributed by atoms with Crippen LogP contribution in [0.5, 0.6) is 0 Å². The van der Waals surface area contributed by atoms with E-state index in [9.17, 15) is 9.59 Å². The molecule has 1 unspecified atom stereocenters. The zero-order valence-corrected chi connectivity index (χ0v) is 21.0. The molecular weight excluding hydrogens is 410 g/mol. The summed E-state index contributed by atoms with van der Waals surface area (Å²) in [6, 6.07) is 0. The zero-order chi connectivity index (χ0) is 22.6. The van der Waals surface area contributed by atoms with Crippen LogP contribution in [-0.2, 0) is 19.1 Å². The summed E-state index contributed by atoms with van der Waals surface area (Å²) in [6.45, 7) is 5.14. The molecule has 1 amide bonds. The zero-order valence-electron chi connectivity index (χ0n) is 20.2. The summed E-state index contributed by atoms with van der Waals surface area (Å²) in [5, 5.41) is 0.580. The number of hydrogen-bond donors (Lipinski definition) is 0. The van der Waals surface area contributed by atoms with Crippen LogP contribution in [0.3, 0.4) is 0 Å². The Kier molecular flexibility index (Phi) is 18.2. The molecule has 6 heteroatoms. The number of carbonyl (C=O) groups is 2. The maximum Gasteiger partial charge on any atom is 0.315 e. The maximum absolute atomic E-state index is 12.1. The van der Waals surface area contributed by atoms with E-state index in [2.05, 4.69) is 6.92 Å². The second-order valence-corrected chi connectivity index (χ2v) is 10.0. The van der Waals surface area contributed by atoms with Crippen LogP contribution in [0.2, 0.25) is 0 Å². The topological polar surface area (TPSA) is 55.8 Å². The van der Waals surface area contributed by atoms with Crippen LogP contribution in [0.15, 0.2) is 0 Å². The highest BCUT2D eigenvalue weighted by atomic mass is 32.2. The first-order valence-electron chi connectivity index (χ1n) is 12.7. The van der Waals surface area contributed by atoms with Crippen molar-refractivity contribution in [2.24, 2.45) is 0 Å². The number of carbonyl (C=O) groups excluding carboxylic acids is 2. The van der Waals surface area contributed by atoms with Crippen molar-refractivity contribution in [3.05, 3.63) is 0 Å². The molecule has 0 aliphatic carbocycles. The first-order chi connectivity index (χ1) is 15.2. The molecule has 1 saturated heterocycles. The van der Waals surface area contributed by atoms with E-state index < -0.39 is 0 Å². The number of hydrogen-bond acceptors (Lipinski definition) is 5. The Morgan fingerprint density at radius 3 is 2.00 bits per heavy atom. The molecule has 0 saturated carbocycles. The fourth-order valence-corrected chi connectivity index (χ4v) is 5.19. The van der Waals surface area contributed by atoms with Crippen LogP contribution in [0.25, 0.3) is 0 Å². The van der Waals surface area contributed by atoms with E-state index in [1.54, 1.807) is 11.8 Å². The van der Waals surface area contributed by atoms with Gasteiger partial charge in [-0.25, -0.2) is 0 Å². The Morgan fingerprint density at radius 2 is 1.42 bits per heavy atom. The number of unbranched alkanes of at least 4 members (excludes halogenated alkanes) is 10. The molecule has 0 radical (unpaired) electrons. The molecule has 1 fully saturated rings. The molecule has 0 N–H and O–H groups in total. The highest BCUT2D eigenvalue weighted by Crippen LogP contribution is 2.24. The SMILES string of the molecule is CCCCCCCCC(CCCCCCCCC(=O)N1CCOCC1)SCC(=O)OC. The Labute approximate surface area is 195 Å². The van der Waals surface area contributed by atoms with Crippen LogP contribution in [0.4, 0.5) is 0 Å². The quantitative estimate of drug-likeness (QED) is 0.176. The number of nitrogens with zero attached hydrogens (tertiary/aromatic N) is 1. The minimum atomic E-state index is -0.107. The van der Waals surface area contributed by atoms with Gasteiger partial charge in [-0.3, -0.25) is 9.59 Å². The van der Waals surface area contributed by atoms with Gasteiger partial charge in [-0.1, -0.05) is 77.6 Å². The lowest BCUT2D eigenvalue weighted by atomic mass is 10.0. The monoisotopic (exact) mass is 457 g/mol. The van der Waals surface area contributed by atoms with Crippen molar-refractivity contribution in [1.82, 2.24) is 4.90 Å². The third-order valence-corrected chi connectivity index (χ3v) is 7.42. The third-order valence-electron chi connectivity index (χ3n) is 6.07. The number of esters is 1. The average molecular weight is 458 g/mol. The smallest absolute Gasteiger partial charge is 0.315 e. The van der Waals surface area contributed by atoms with Gasteiger partial charge in [-0.05, 0) is 19.3 Å². The van der Waals surface area contributed by atoms with Crippen molar-refractivity contribution in [1.29, 1.82) is 0 Å². The molecule has 31 heavy (non-hydrogen) atoms. The summed E-state index contributed by atoms with van der Waals surface area (Å²) >= 11 is 1.79. The minimum absolute atomic E-state index is 0.107. The van der Waals surface area contributed by atoms with Crippen molar-refractivity contribution in [2.45, 2.75) is 108 Å². The van der Waals surface area contributed by atoms with Crippen LogP contribution in [0, 0.1) is 0 Å². The molecule has 0 bridgehead atoms. The molecule has 182 valence electrons. The second-order valence-electron chi connectivity index (χ2n) is 8.72. The van der Waals surface area contributed by atoms with Crippen LogP contribution in [-0.4, -0.2) is 61.2 Å². The Balaban J connectivity index is 2.07. The number of rotatable bonds is 19. The first kappa shape index (κ1) is 28.3. The summed E-state index contributed by atoms with van der Waals surface area (Å²) in [7, 11) is 1.47. The van der Waals surface area contributed by atoms with Gasteiger partial charge >= 0.3 is 5.97 Å². The van der Waals surface area contributed by atoms with Crippen molar-refractivity contribution in [3.63, 3.8) is 0 Å². The predicted molar refractivity (Wildman–Crippen MR) is 131 cm³/mol. The van der Waals surface area contributed by atoms with Gasteiger partial charge in [0.25, 0.3) is 0 Å². The van der Waals surface area contributed by atoms with E-state index in [1.165, 1.54) is 84.2 Å². The molecule has 5 nitrogen and oxygen atoms in total. The van der Waals surface area contributed by atoms with Gasteiger partial charge < -0.3 is 14.4 Å². The van der Waals surface area contributed by atoms with Crippen molar-refractivity contribution < 1.29 is 19.1 Å². The molecule has 1 rings (SSSR count). The number of thioether (sulfide) groups is 1. The highest BCUT2D eigenvalue weighted by Gasteiger charge is 2.16. The number of morpholine rings is 1. The highest BCUT2D eigenvalue weighted by molar-refractivity contribution is 8.00. The van der Waals surface area contributed by atoms with Crippen molar-refractivity contribution in [3.8, 4) is 0 Å². The fraction of sp³-hybridized carbons (Fsp3) is 0.920. The molecule has 1 heterocycles. The molecule has 0 aromatic heterocycles. The minimum Gasteiger partial charge on any atom is -0.468 e. The largest absolute Gasteiger partial charge is 0.468 e. The van der Waals surface area contributed by atoms with E-state index in [0.717, 1.165) is 25.9 Å². The van der Waals surface area contributed by atoms with Crippen LogP contribution < -0.4 is 0 Å². The average Bonchev–Trinajstić information content (AvgIpc) is 2.80. The molecule has 1 aliphatic heterocycles.